The Morgan fingerprint density at radius 2 is 2.17 bits per heavy atom. The summed E-state index contributed by atoms with van der Waals surface area (Å²) < 4.78 is 1.94. The Kier molecular flexibility index (Phi) is 4.90. The maximum Gasteiger partial charge on any atom is 0.318 e. The highest BCUT2D eigenvalue weighted by molar-refractivity contribution is 5.74. The Balaban J connectivity index is 1.57. The fraction of sp³-hybridized carbons (Fsp3) is 0.471. The lowest BCUT2D eigenvalue weighted by molar-refractivity contribution is 0.191. The Morgan fingerprint density at radius 1 is 1.35 bits per heavy atom. The summed E-state index contributed by atoms with van der Waals surface area (Å²) >= 11 is 0. The third kappa shape index (κ3) is 3.70. The molecule has 1 aliphatic heterocycles. The van der Waals surface area contributed by atoms with Crippen molar-refractivity contribution in [1.82, 2.24) is 25.0 Å². The Hall–Kier alpha value is -2.37. The number of benzene rings is 1. The molecular weight excluding hydrogens is 290 g/mol. The molecule has 1 aliphatic rings. The van der Waals surface area contributed by atoms with Gasteiger partial charge >= 0.3 is 6.03 Å². The van der Waals surface area contributed by atoms with Gasteiger partial charge < -0.3 is 14.8 Å². The number of nitrogens with one attached hydrogen (secondary N) is 1. The van der Waals surface area contributed by atoms with Crippen molar-refractivity contribution in [3.8, 4) is 0 Å². The first-order valence-electron chi connectivity index (χ1n) is 8.23. The lowest BCUT2D eigenvalue weighted by Gasteiger charge is -2.25. The van der Waals surface area contributed by atoms with E-state index in [0.717, 1.165) is 38.2 Å². The van der Waals surface area contributed by atoms with Crippen molar-refractivity contribution < 1.29 is 4.79 Å². The standard InChI is InChI=1S/C17H23N5O/c1-2-21-13-19-20-16(21)12-18-17(23)22-10-6-9-15(22)11-14-7-4-3-5-8-14/h3-5,7-8,13,15H,2,6,9-12H2,1H3,(H,18,23)/t15-/m1/s1. The van der Waals surface area contributed by atoms with Crippen molar-refractivity contribution >= 4 is 6.03 Å². The first kappa shape index (κ1) is 15.5. The molecule has 122 valence electrons. The molecule has 0 bridgehead atoms. The molecule has 1 aromatic heterocycles. The van der Waals surface area contributed by atoms with Gasteiger partial charge in [0.2, 0.25) is 0 Å². The fourth-order valence-corrected chi connectivity index (χ4v) is 3.14. The summed E-state index contributed by atoms with van der Waals surface area (Å²) in [6.07, 6.45) is 4.73. The van der Waals surface area contributed by atoms with Crippen LogP contribution in [0.4, 0.5) is 4.79 Å². The topological polar surface area (TPSA) is 63.1 Å². The lowest BCUT2D eigenvalue weighted by atomic mass is 10.0. The number of carbonyl (C=O) groups excluding carboxylic acids is 1. The second-order valence-corrected chi connectivity index (χ2v) is 5.87. The number of aromatic nitrogens is 3. The first-order chi connectivity index (χ1) is 11.3. The molecule has 2 amide bonds. The molecule has 1 aromatic carbocycles. The normalized spacial score (nSPS) is 17.4. The van der Waals surface area contributed by atoms with Gasteiger partial charge in [0.15, 0.2) is 5.82 Å². The summed E-state index contributed by atoms with van der Waals surface area (Å²) in [4.78, 5) is 14.5. The van der Waals surface area contributed by atoms with Gasteiger partial charge in [-0.3, -0.25) is 0 Å². The number of aryl methyl sites for hydroxylation is 1. The molecule has 0 aliphatic carbocycles. The van der Waals surface area contributed by atoms with Crippen LogP contribution in [0.2, 0.25) is 0 Å². The molecule has 0 unspecified atom stereocenters. The zero-order chi connectivity index (χ0) is 16.1. The molecule has 1 atom stereocenters. The van der Waals surface area contributed by atoms with Crippen LogP contribution in [0.25, 0.3) is 0 Å². The molecule has 0 radical (unpaired) electrons. The second kappa shape index (κ2) is 7.26. The summed E-state index contributed by atoms with van der Waals surface area (Å²) in [5.74, 6) is 0.791. The zero-order valence-electron chi connectivity index (χ0n) is 13.5. The van der Waals surface area contributed by atoms with Gasteiger partial charge in [-0.2, -0.15) is 0 Å². The summed E-state index contributed by atoms with van der Waals surface area (Å²) in [6.45, 7) is 4.08. The number of amides is 2. The van der Waals surface area contributed by atoms with E-state index in [9.17, 15) is 4.79 Å². The van der Waals surface area contributed by atoms with Crippen molar-refractivity contribution in [2.45, 2.75) is 45.3 Å². The molecular formula is C17H23N5O. The van der Waals surface area contributed by atoms with Gasteiger partial charge in [-0.1, -0.05) is 30.3 Å². The highest BCUT2D eigenvalue weighted by Crippen LogP contribution is 2.21. The fourth-order valence-electron chi connectivity index (χ4n) is 3.14. The maximum atomic E-state index is 12.5. The van der Waals surface area contributed by atoms with E-state index < -0.39 is 0 Å². The summed E-state index contributed by atoms with van der Waals surface area (Å²) in [6, 6.07) is 10.6. The van der Waals surface area contributed by atoms with Crippen molar-refractivity contribution in [1.29, 1.82) is 0 Å². The number of carbonyl (C=O) groups is 1. The minimum Gasteiger partial charge on any atom is -0.331 e. The predicted molar refractivity (Wildman–Crippen MR) is 87.8 cm³/mol. The second-order valence-electron chi connectivity index (χ2n) is 5.87. The summed E-state index contributed by atoms with van der Waals surface area (Å²) in [7, 11) is 0. The van der Waals surface area contributed by atoms with Gasteiger partial charge in [0.1, 0.15) is 6.33 Å². The van der Waals surface area contributed by atoms with Crippen LogP contribution < -0.4 is 5.32 Å². The van der Waals surface area contributed by atoms with E-state index >= 15 is 0 Å². The van der Waals surface area contributed by atoms with Gasteiger partial charge in [-0.05, 0) is 31.7 Å². The lowest BCUT2D eigenvalue weighted by Crippen LogP contribution is -2.43. The van der Waals surface area contributed by atoms with Gasteiger partial charge in [0.05, 0.1) is 6.54 Å². The minimum absolute atomic E-state index is 0.00548. The Morgan fingerprint density at radius 3 is 2.96 bits per heavy atom. The molecule has 6 nitrogen and oxygen atoms in total. The van der Waals surface area contributed by atoms with Gasteiger partial charge in [0, 0.05) is 19.1 Å². The predicted octanol–water partition coefficient (Wildman–Crippen LogP) is 2.21. The number of nitrogens with zero attached hydrogens (tertiary/aromatic N) is 4. The van der Waals surface area contributed by atoms with Gasteiger partial charge in [0.25, 0.3) is 0 Å². The molecule has 0 saturated carbocycles. The minimum atomic E-state index is -0.00548. The van der Waals surface area contributed by atoms with E-state index in [0.29, 0.717) is 6.54 Å². The van der Waals surface area contributed by atoms with Crippen molar-refractivity contribution in [3.63, 3.8) is 0 Å². The average molecular weight is 313 g/mol. The van der Waals surface area contributed by atoms with Crippen molar-refractivity contribution in [2.75, 3.05) is 6.54 Å². The van der Waals surface area contributed by atoms with Crippen LogP contribution in [0.5, 0.6) is 0 Å². The highest BCUT2D eigenvalue weighted by Gasteiger charge is 2.28. The number of urea groups is 1. The third-order valence-corrected chi connectivity index (χ3v) is 4.39. The first-order valence-corrected chi connectivity index (χ1v) is 8.23. The van der Waals surface area contributed by atoms with Crippen LogP contribution in [-0.2, 0) is 19.5 Å². The van der Waals surface area contributed by atoms with Crippen molar-refractivity contribution in [3.05, 3.63) is 48.0 Å². The van der Waals surface area contributed by atoms with Crippen LogP contribution >= 0.6 is 0 Å². The SMILES string of the molecule is CCn1cnnc1CNC(=O)N1CCC[C@@H]1Cc1ccccc1. The van der Waals surface area contributed by atoms with Gasteiger partial charge in [-0.15, -0.1) is 10.2 Å². The molecule has 2 heterocycles. The number of hydrogen-bond donors (Lipinski definition) is 1. The highest BCUT2D eigenvalue weighted by atomic mass is 16.2. The number of hydrogen-bond acceptors (Lipinski definition) is 3. The van der Waals surface area contributed by atoms with E-state index in [1.54, 1.807) is 6.33 Å². The smallest absolute Gasteiger partial charge is 0.318 e. The molecule has 6 heteroatoms. The van der Waals surface area contributed by atoms with Crippen LogP contribution in [-0.4, -0.2) is 38.3 Å². The zero-order valence-corrected chi connectivity index (χ0v) is 13.5. The molecule has 1 saturated heterocycles. The summed E-state index contributed by atoms with van der Waals surface area (Å²) in [5, 5.41) is 10.9. The largest absolute Gasteiger partial charge is 0.331 e. The number of rotatable bonds is 5. The molecule has 0 spiro atoms. The van der Waals surface area contributed by atoms with Crippen LogP contribution in [0.3, 0.4) is 0 Å². The maximum absolute atomic E-state index is 12.5. The third-order valence-electron chi connectivity index (χ3n) is 4.39. The van der Waals surface area contributed by atoms with Crippen LogP contribution in [0, 0.1) is 0 Å². The van der Waals surface area contributed by atoms with Crippen LogP contribution in [0.15, 0.2) is 36.7 Å². The molecule has 1 fully saturated rings. The van der Waals surface area contributed by atoms with E-state index in [4.69, 9.17) is 0 Å². The van der Waals surface area contributed by atoms with E-state index in [-0.39, 0.29) is 12.1 Å². The summed E-state index contributed by atoms with van der Waals surface area (Å²) in [5.41, 5.74) is 1.28. The Labute approximate surface area is 136 Å². The van der Waals surface area contributed by atoms with E-state index in [1.165, 1.54) is 5.56 Å². The quantitative estimate of drug-likeness (QED) is 0.920. The average Bonchev–Trinajstić information content (AvgIpc) is 3.22. The number of likely N-dealkylation sites (tertiary alicyclic amines) is 1. The van der Waals surface area contributed by atoms with E-state index in [2.05, 4.69) is 27.6 Å². The molecule has 3 rings (SSSR count). The van der Waals surface area contributed by atoms with Crippen molar-refractivity contribution in [2.24, 2.45) is 0 Å². The van der Waals surface area contributed by atoms with Gasteiger partial charge in [-0.25, -0.2) is 4.79 Å². The molecule has 23 heavy (non-hydrogen) atoms. The Bertz CT molecular complexity index is 639. The molecule has 2 aromatic rings. The van der Waals surface area contributed by atoms with Crippen LogP contribution in [0.1, 0.15) is 31.2 Å². The molecule has 1 N–H and O–H groups in total. The van der Waals surface area contributed by atoms with E-state index in [1.807, 2.05) is 34.6 Å². The monoisotopic (exact) mass is 313 g/mol.